The number of hydrogen-bond acceptors (Lipinski definition) is 3. The van der Waals surface area contributed by atoms with Gasteiger partial charge >= 0.3 is 0 Å². The molecule has 0 N–H and O–H groups in total. The Hall–Kier alpha value is -2.46. The molecular weight excluding hydrogens is 302 g/mol. The normalized spacial score (nSPS) is 17.0. The zero-order valence-corrected chi connectivity index (χ0v) is 13.8. The molecule has 0 radical (unpaired) electrons. The SMILES string of the molecule is CCCCC1C(=O)N(OCc2ccccc2)C(=O)c2ccccc21. The van der Waals surface area contributed by atoms with Crippen molar-refractivity contribution < 1.29 is 14.4 Å². The molecule has 0 aliphatic carbocycles. The van der Waals surface area contributed by atoms with E-state index in [4.69, 9.17) is 4.84 Å². The first kappa shape index (κ1) is 16.4. The Labute approximate surface area is 142 Å². The Morgan fingerprint density at radius 3 is 2.46 bits per heavy atom. The van der Waals surface area contributed by atoms with Crippen LogP contribution in [-0.2, 0) is 16.2 Å². The van der Waals surface area contributed by atoms with E-state index in [2.05, 4.69) is 6.92 Å². The van der Waals surface area contributed by atoms with E-state index in [1.807, 2.05) is 48.5 Å². The van der Waals surface area contributed by atoms with E-state index in [-0.39, 0.29) is 24.3 Å². The second kappa shape index (κ2) is 7.41. The zero-order chi connectivity index (χ0) is 16.9. The maximum atomic E-state index is 12.8. The quantitative estimate of drug-likeness (QED) is 0.753. The summed E-state index contributed by atoms with van der Waals surface area (Å²) >= 11 is 0. The van der Waals surface area contributed by atoms with Gasteiger partial charge in [0.15, 0.2) is 0 Å². The molecule has 1 aliphatic rings. The summed E-state index contributed by atoms with van der Waals surface area (Å²) in [6, 6.07) is 16.9. The third kappa shape index (κ3) is 3.24. The summed E-state index contributed by atoms with van der Waals surface area (Å²) in [5.41, 5.74) is 2.30. The predicted octanol–water partition coefficient (Wildman–Crippen LogP) is 4.07. The lowest BCUT2D eigenvalue weighted by atomic mass is 9.86. The molecule has 2 aromatic carbocycles. The lowest BCUT2D eigenvalue weighted by Gasteiger charge is -2.31. The van der Waals surface area contributed by atoms with Crippen LogP contribution in [0.3, 0.4) is 0 Å². The maximum absolute atomic E-state index is 12.8. The van der Waals surface area contributed by atoms with Crippen LogP contribution in [0.1, 0.15) is 53.6 Å². The maximum Gasteiger partial charge on any atom is 0.285 e. The number of hydroxylamine groups is 2. The van der Waals surface area contributed by atoms with E-state index in [1.165, 1.54) is 0 Å². The molecule has 4 nitrogen and oxygen atoms in total. The molecule has 0 spiro atoms. The molecule has 0 saturated carbocycles. The minimum Gasteiger partial charge on any atom is -0.271 e. The first-order chi connectivity index (χ1) is 11.7. The number of amides is 2. The molecule has 124 valence electrons. The fourth-order valence-electron chi connectivity index (χ4n) is 3.00. The number of hydrogen-bond donors (Lipinski definition) is 0. The number of imide groups is 1. The average Bonchev–Trinajstić information content (AvgIpc) is 2.62. The van der Waals surface area contributed by atoms with E-state index in [1.54, 1.807) is 6.07 Å². The molecule has 0 fully saturated rings. The van der Waals surface area contributed by atoms with Crippen LogP contribution in [0.25, 0.3) is 0 Å². The topological polar surface area (TPSA) is 46.6 Å². The zero-order valence-electron chi connectivity index (χ0n) is 13.8. The smallest absolute Gasteiger partial charge is 0.271 e. The third-order valence-electron chi connectivity index (χ3n) is 4.30. The molecule has 0 aromatic heterocycles. The van der Waals surface area contributed by atoms with Crippen molar-refractivity contribution in [2.75, 3.05) is 0 Å². The largest absolute Gasteiger partial charge is 0.285 e. The fourth-order valence-corrected chi connectivity index (χ4v) is 3.00. The molecule has 2 amide bonds. The summed E-state index contributed by atoms with van der Waals surface area (Å²) in [6.07, 6.45) is 2.67. The Balaban J connectivity index is 1.84. The van der Waals surface area contributed by atoms with Crippen molar-refractivity contribution in [3.63, 3.8) is 0 Å². The highest BCUT2D eigenvalue weighted by Crippen LogP contribution is 2.33. The van der Waals surface area contributed by atoms with Crippen LogP contribution in [0, 0.1) is 0 Å². The van der Waals surface area contributed by atoms with Crippen molar-refractivity contribution in [2.45, 2.75) is 38.7 Å². The monoisotopic (exact) mass is 323 g/mol. The fraction of sp³-hybridized carbons (Fsp3) is 0.300. The minimum absolute atomic E-state index is 0.195. The van der Waals surface area contributed by atoms with E-state index in [9.17, 15) is 9.59 Å². The standard InChI is InChI=1S/C20H21NO3/c1-2-3-11-17-16-12-7-8-13-18(16)20(23)21(19(17)22)24-14-15-9-5-4-6-10-15/h4-10,12-13,17H,2-3,11,14H2,1H3. The molecule has 1 unspecified atom stereocenters. The lowest BCUT2D eigenvalue weighted by Crippen LogP contribution is -2.44. The molecule has 1 aliphatic heterocycles. The number of benzene rings is 2. The van der Waals surface area contributed by atoms with Gasteiger partial charge in [0, 0.05) is 5.56 Å². The van der Waals surface area contributed by atoms with Gasteiger partial charge in [0.2, 0.25) is 0 Å². The number of unbranched alkanes of at least 4 members (excludes halogenated alkanes) is 1. The molecule has 4 heteroatoms. The number of carbonyl (C=O) groups excluding carboxylic acids is 2. The van der Waals surface area contributed by atoms with Crippen LogP contribution in [0.2, 0.25) is 0 Å². The summed E-state index contributed by atoms with van der Waals surface area (Å²) in [6.45, 7) is 2.29. The van der Waals surface area contributed by atoms with Gasteiger partial charge < -0.3 is 0 Å². The Morgan fingerprint density at radius 2 is 1.71 bits per heavy atom. The van der Waals surface area contributed by atoms with Crippen LogP contribution in [-0.4, -0.2) is 16.9 Å². The van der Waals surface area contributed by atoms with Crippen LogP contribution in [0.4, 0.5) is 0 Å². The van der Waals surface area contributed by atoms with Gasteiger partial charge in [0.1, 0.15) is 6.61 Å². The van der Waals surface area contributed by atoms with E-state index in [0.717, 1.165) is 35.5 Å². The second-order valence-electron chi connectivity index (χ2n) is 5.98. The summed E-state index contributed by atoms with van der Waals surface area (Å²) < 4.78 is 0. The molecule has 0 bridgehead atoms. The van der Waals surface area contributed by atoms with Gasteiger partial charge in [-0.3, -0.25) is 14.4 Å². The summed E-state index contributed by atoms with van der Waals surface area (Å²) in [5, 5.41) is 0.954. The average molecular weight is 323 g/mol. The van der Waals surface area contributed by atoms with Gasteiger partial charge in [0.25, 0.3) is 11.8 Å². The highest BCUT2D eigenvalue weighted by molar-refractivity contribution is 6.10. The highest BCUT2D eigenvalue weighted by atomic mass is 16.7. The molecule has 2 aromatic rings. The Bertz CT molecular complexity index is 727. The first-order valence-electron chi connectivity index (χ1n) is 8.36. The summed E-state index contributed by atoms with van der Waals surface area (Å²) in [7, 11) is 0. The molecule has 1 heterocycles. The van der Waals surface area contributed by atoms with Crippen LogP contribution >= 0.6 is 0 Å². The lowest BCUT2D eigenvalue weighted by molar-refractivity contribution is -0.176. The molecule has 1 atom stereocenters. The van der Waals surface area contributed by atoms with Gasteiger partial charge in [-0.1, -0.05) is 68.3 Å². The molecule has 0 saturated heterocycles. The van der Waals surface area contributed by atoms with Crippen molar-refractivity contribution in [3.05, 3.63) is 71.3 Å². The summed E-state index contributed by atoms with van der Waals surface area (Å²) in [4.78, 5) is 31.0. The third-order valence-corrected chi connectivity index (χ3v) is 4.30. The van der Waals surface area contributed by atoms with Crippen LogP contribution < -0.4 is 0 Å². The van der Waals surface area contributed by atoms with Gasteiger partial charge in [-0.05, 0) is 23.6 Å². The Kier molecular flexibility index (Phi) is 5.06. The first-order valence-corrected chi connectivity index (χ1v) is 8.36. The van der Waals surface area contributed by atoms with Gasteiger partial charge in [-0.25, -0.2) is 0 Å². The van der Waals surface area contributed by atoms with Crippen LogP contribution in [0.15, 0.2) is 54.6 Å². The number of nitrogens with zero attached hydrogens (tertiary/aromatic N) is 1. The van der Waals surface area contributed by atoms with Crippen molar-refractivity contribution in [1.82, 2.24) is 5.06 Å². The van der Waals surface area contributed by atoms with Gasteiger partial charge in [-0.2, -0.15) is 0 Å². The van der Waals surface area contributed by atoms with Crippen molar-refractivity contribution >= 4 is 11.8 Å². The summed E-state index contributed by atoms with van der Waals surface area (Å²) in [5.74, 6) is -0.947. The van der Waals surface area contributed by atoms with Crippen LogP contribution in [0.5, 0.6) is 0 Å². The Morgan fingerprint density at radius 1 is 1.00 bits per heavy atom. The molecular formula is C20H21NO3. The van der Waals surface area contributed by atoms with Crippen molar-refractivity contribution in [1.29, 1.82) is 0 Å². The van der Waals surface area contributed by atoms with Crippen molar-refractivity contribution in [3.8, 4) is 0 Å². The predicted molar refractivity (Wildman–Crippen MR) is 91.1 cm³/mol. The van der Waals surface area contributed by atoms with Gasteiger partial charge in [-0.15, -0.1) is 5.06 Å². The molecule has 3 rings (SSSR count). The number of carbonyl (C=O) groups is 2. The van der Waals surface area contributed by atoms with E-state index < -0.39 is 0 Å². The van der Waals surface area contributed by atoms with Gasteiger partial charge in [0.05, 0.1) is 5.92 Å². The van der Waals surface area contributed by atoms with Crippen molar-refractivity contribution in [2.24, 2.45) is 0 Å². The minimum atomic E-state index is -0.376. The van der Waals surface area contributed by atoms with E-state index >= 15 is 0 Å². The number of fused-ring (bicyclic) bond motifs is 1. The van der Waals surface area contributed by atoms with E-state index in [0.29, 0.717) is 5.56 Å². The number of rotatable bonds is 6. The molecule has 24 heavy (non-hydrogen) atoms. The second-order valence-corrected chi connectivity index (χ2v) is 5.98. The highest BCUT2D eigenvalue weighted by Gasteiger charge is 2.39.